The molecule has 0 radical (unpaired) electrons. The maximum atomic E-state index is 12.2. The van der Waals surface area contributed by atoms with Gasteiger partial charge in [-0.05, 0) is 31.0 Å². The zero-order valence-corrected chi connectivity index (χ0v) is 13.3. The van der Waals surface area contributed by atoms with Crippen LogP contribution in [0.1, 0.15) is 34.2 Å². The number of hydrogen-bond acceptors (Lipinski definition) is 2. The van der Waals surface area contributed by atoms with Gasteiger partial charge in [-0.1, -0.05) is 40.2 Å². The van der Waals surface area contributed by atoms with E-state index in [0.717, 1.165) is 16.6 Å². The molecular formula is C15H18BrN3O. The highest BCUT2D eigenvalue weighted by molar-refractivity contribution is 9.08. The average molecular weight is 336 g/mol. The number of nitrogens with zero attached hydrogens (tertiary/aromatic N) is 2. The molecule has 0 bridgehead atoms. The number of hydrogen-bond donors (Lipinski definition) is 1. The summed E-state index contributed by atoms with van der Waals surface area (Å²) in [7, 11) is 0. The van der Waals surface area contributed by atoms with Crippen molar-refractivity contribution in [2.75, 3.05) is 0 Å². The van der Waals surface area contributed by atoms with Gasteiger partial charge in [0.1, 0.15) is 5.69 Å². The van der Waals surface area contributed by atoms with Crippen LogP contribution in [-0.4, -0.2) is 15.7 Å². The molecule has 2 aromatic rings. The molecule has 1 N–H and O–H groups in total. The molecule has 0 aliphatic carbocycles. The van der Waals surface area contributed by atoms with Crippen molar-refractivity contribution in [3.05, 3.63) is 52.8 Å². The number of benzene rings is 1. The Bertz CT molecular complexity index is 607. The van der Waals surface area contributed by atoms with Crippen LogP contribution >= 0.6 is 15.9 Å². The van der Waals surface area contributed by atoms with Crippen molar-refractivity contribution in [1.29, 1.82) is 0 Å². The van der Waals surface area contributed by atoms with Crippen LogP contribution in [0.2, 0.25) is 0 Å². The Balaban J connectivity index is 2.04. The van der Waals surface area contributed by atoms with Crippen molar-refractivity contribution >= 4 is 21.8 Å². The number of halogens is 1. The van der Waals surface area contributed by atoms with E-state index in [-0.39, 0.29) is 5.91 Å². The molecule has 0 atom stereocenters. The minimum absolute atomic E-state index is 0.0864. The first-order chi connectivity index (χ1) is 9.63. The monoisotopic (exact) mass is 335 g/mol. The summed E-state index contributed by atoms with van der Waals surface area (Å²) in [6, 6.07) is 9.95. The zero-order valence-electron chi connectivity index (χ0n) is 11.7. The van der Waals surface area contributed by atoms with Crippen molar-refractivity contribution < 1.29 is 4.79 Å². The van der Waals surface area contributed by atoms with Gasteiger partial charge in [-0.15, -0.1) is 0 Å². The molecule has 20 heavy (non-hydrogen) atoms. The van der Waals surface area contributed by atoms with Crippen LogP contribution in [0.15, 0.2) is 30.3 Å². The summed E-state index contributed by atoms with van der Waals surface area (Å²) in [6.07, 6.45) is 0. The number of aryl methyl sites for hydroxylation is 2. The molecule has 0 aliphatic heterocycles. The molecule has 2 rings (SSSR count). The van der Waals surface area contributed by atoms with Gasteiger partial charge >= 0.3 is 0 Å². The summed E-state index contributed by atoms with van der Waals surface area (Å²) in [5, 5.41) is 8.04. The number of carbonyl (C=O) groups excluding carboxylic acids is 1. The van der Waals surface area contributed by atoms with Gasteiger partial charge in [0.05, 0.1) is 5.69 Å². The van der Waals surface area contributed by atoms with E-state index >= 15 is 0 Å². The predicted molar refractivity (Wildman–Crippen MR) is 82.9 cm³/mol. The van der Waals surface area contributed by atoms with Crippen LogP contribution in [0.4, 0.5) is 0 Å². The lowest BCUT2D eigenvalue weighted by molar-refractivity contribution is 0.0940. The number of amides is 1. The van der Waals surface area contributed by atoms with E-state index in [2.05, 4.69) is 38.5 Å². The second-order valence-electron chi connectivity index (χ2n) is 4.62. The second kappa shape index (κ2) is 6.70. The highest BCUT2D eigenvalue weighted by atomic mass is 79.9. The zero-order chi connectivity index (χ0) is 14.5. The first-order valence-electron chi connectivity index (χ1n) is 6.60. The summed E-state index contributed by atoms with van der Waals surface area (Å²) in [5.74, 6) is -0.0864. The summed E-state index contributed by atoms with van der Waals surface area (Å²) >= 11 is 3.43. The molecule has 1 aromatic heterocycles. The van der Waals surface area contributed by atoms with Crippen LogP contribution in [0.5, 0.6) is 0 Å². The van der Waals surface area contributed by atoms with Crippen LogP contribution in [-0.2, 0) is 18.4 Å². The Morgan fingerprint density at radius 3 is 2.80 bits per heavy atom. The predicted octanol–water partition coefficient (Wildman–Crippen LogP) is 3.04. The molecule has 0 unspecified atom stereocenters. The average Bonchev–Trinajstić information content (AvgIpc) is 2.86. The maximum absolute atomic E-state index is 12.2. The van der Waals surface area contributed by atoms with Gasteiger partial charge < -0.3 is 5.32 Å². The van der Waals surface area contributed by atoms with Gasteiger partial charge in [0, 0.05) is 18.4 Å². The van der Waals surface area contributed by atoms with Crippen molar-refractivity contribution in [3.8, 4) is 0 Å². The lowest BCUT2D eigenvalue weighted by atomic mass is 10.1. The fraction of sp³-hybridized carbons (Fsp3) is 0.333. The molecule has 4 nitrogen and oxygen atoms in total. The molecule has 0 aliphatic rings. The van der Waals surface area contributed by atoms with Crippen LogP contribution in [0.25, 0.3) is 0 Å². The summed E-state index contributed by atoms with van der Waals surface area (Å²) in [5.41, 5.74) is 3.76. The molecule has 0 saturated carbocycles. The Morgan fingerprint density at radius 1 is 1.35 bits per heavy atom. The van der Waals surface area contributed by atoms with Crippen molar-refractivity contribution in [3.63, 3.8) is 0 Å². The van der Waals surface area contributed by atoms with Gasteiger partial charge in [-0.3, -0.25) is 9.48 Å². The van der Waals surface area contributed by atoms with Crippen molar-refractivity contribution in [2.45, 2.75) is 32.3 Å². The highest BCUT2D eigenvalue weighted by Gasteiger charge is 2.12. The van der Waals surface area contributed by atoms with Gasteiger partial charge in [0.25, 0.3) is 5.91 Å². The van der Waals surface area contributed by atoms with Crippen LogP contribution < -0.4 is 5.32 Å². The standard InChI is InChI=1S/C15H18BrN3O/c1-3-19-14(7-11(2)18-19)15(20)17-10-13-6-4-5-12(8-13)9-16/h4-8H,3,9-10H2,1-2H3,(H,17,20). The molecule has 0 spiro atoms. The molecule has 0 fully saturated rings. The van der Waals surface area contributed by atoms with E-state index < -0.39 is 0 Å². The number of alkyl halides is 1. The third-order valence-electron chi connectivity index (χ3n) is 3.03. The van der Waals surface area contributed by atoms with E-state index in [1.807, 2.05) is 32.0 Å². The normalized spacial score (nSPS) is 10.6. The SMILES string of the molecule is CCn1nc(C)cc1C(=O)NCc1cccc(CBr)c1. The van der Waals surface area contributed by atoms with Gasteiger partial charge in [-0.2, -0.15) is 5.10 Å². The highest BCUT2D eigenvalue weighted by Crippen LogP contribution is 2.09. The van der Waals surface area contributed by atoms with Crippen molar-refractivity contribution in [2.24, 2.45) is 0 Å². The molecule has 1 amide bonds. The largest absolute Gasteiger partial charge is 0.347 e. The fourth-order valence-corrected chi connectivity index (χ4v) is 2.41. The third-order valence-corrected chi connectivity index (χ3v) is 3.68. The minimum atomic E-state index is -0.0864. The Kier molecular flexibility index (Phi) is 4.95. The molecule has 5 heteroatoms. The lowest BCUT2D eigenvalue weighted by Gasteiger charge is -2.07. The summed E-state index contributed by atoms with van der Waals surface area (Å²) < 4.78 is 1.72. The Hall–Kier alpha value is -1.62. The fourth-order valence-electron chi connectivity index (χ4n) is 2.06. The van der Waals surface area contributed by atoms with Crippen LogP contribution in [0.3, 0.4) is 0 Å². The number of nitrogens with one attached hydrogen (secondary N) is 1. The number of carbonyl (C=O) groups is 1. The van der Waals surface area contributed by atoms with E-state index in [1.54, 1.807) is 4.68 Å². The maximum Gasteiger partial charge on any atom is 0.269 e. The Labute approximate surface area is 127 Å². The topological polar surface area (TPSA) is 46.9 Å². The molecule has 1 aromatic carbocycles. The van der Waals surface area contributed by atoms with E-state index in [4.69, 9.17) is 0 Å². The number of aromatic nitrogens is 2. The van der Waals surface area contributed by atoms with E-state index in [1.165, 1.54) is 5.56 Å². The molecule has 0 saturated heterocycles. The van der Waals surface area contributed by atoms with E-state index in [0.29, 0.717) is 18.8 Å². The first-order valence-corrected chi connectivity index (χ1v) is 7.72. The van der Waals surface area contributed by atoms with Gasteiger partial charge in [0.2, 0.25) is 0 Å². The van der Waals surface area contributed by atoms with Gasteiger partial charge in [0.15, 0.2) is 0 Å². The number of rotatable bonds is 5. The lowest BCUT2D eigenvalue weighted by Crippen LogP contribution is -2.25. The first kappa shape index (κ1) is 14.8. The Morgan fingerprint density at radius 2 is 2.10 bits per heavy atom. The van der Waals surface area contributed by atoms with Crippen LogP contribution in [0, 0.1) is 6.92 Å². The van der Waals surface area contributed by atoms with Gasteiger partial charge in [-0.25, -0.2) is 0 Å². The van der Waals surface area contributed by atoms with E-state index in [9.17, 15) is 4.79 Å². The quantitative estimate of drug-likeness (QED) is 0.853. The molecule has 106 valence electrons. The molecular weight excluding hydrogens is 318 g/mol. The minimum Gasteiger partial charge on any atom is -0.347 e. The van der Waals surface area contributed by atoms with Crippen molar-refractivity contribution in [1.82, 2.24) is 15.1 Å². The third kappa shape index (κ3) is 3.48. The summed E-state index contributed by atoms with van der Waals surface area (Å²) in [6.45, 7) is 5.08. The molecule has 1 heterocycles. The second-order valence-corrected chi connectivity index (χ2v) is 5.18. The smallest absolute Gasteiger partial charge is 0.269 e. The summed E-state index contributed by atoms with van der Waals surface area (Å²) in [4.78, 5) is 12.2.